The second-order valence-corrected chi connectivity index (χ2v) is 8.64. The fourth-order valence-corrected chi connectivity index (χ4v) is 3.96. The van der Waals surface area contributed by atoms with Crippen molar-refractivity contribution in [2.75, 3.05) is 11.1 Å². The Hall–Kier alpha value is -1.54. The number of hydrogen-bond acceptors (Lipinski definition) is 4. The first-order valence-electron chi connectivity index (χ1n) is 7.49. The predicted molar refractivity (Wildman–Crippen MR) is 103 cm³/mol. The lowest BCUT2D eigenvalue weighted by atomic mass is 10.1. The van der Waals surface area contributed by atoms with Crippen LogP contribution in [0.2, 0.25) is 5.02 Å². The highest BCUT2D eigenvalue weighted by atomic mass is 35.5. The summed E-state index contributed by atoms with van der Waals surface area (Å²) < 4.78 is 23.1. The first-order chi connectivity index (χ1) is 11.7. The standard InChI is InChI=1S/C17H19ClN2O3S2/c1-11-9-13(25(19,22)23)10-15(12(11)2)20-17(21)7-8-24-16-6-4-3-5-14(16)18/h3-6,9-10H,7-8H2,1-2H3,(H,20,21)(H2,19,22,23). The van der Waals surface area contributed by atoms with Gasteiger partial charge in [-0.15, -0.1) is 11.8 Å². The fourth-order valence-electron chi connectivity index (χ4n) is 2.15. The molecule has 1 amide bonds. The molecule has 5 nitrogen and oxygen atoms in total. The van der Waals surface area contributed by atoms with Crippen LogP contribution < -0.4 is 10.5 Å². The van der Waals surface area contributed by atoms with Gasteiger partial charge in [0, 0.05) is 22.8 Å². The average molecular weight is 399 g/mol. The molecule has 0 unspecified atom stereocenters. The molecular weight excluding hydrogens is 380 g/mol. The highest BCUT2D eigenvalue weighted by Gasteiger charge is 2.14. The summed E-state index contributed by atoms with van der Waals surface area (Å²) in [5, 5.41) is 8.59. The number of carbonyl (C=O) groups excluding carboxylic acids is 1. The summed E-state index contributed by atoms with van der Waals surface area (Å²) >= 11 is 7.57. The van der Waals surface area contributed by atoms with Crippen molar-refractivity contribution < 1.29 is 13.2 Å². The topological polar surface area (TPSA) is 89.3 Å². The summed E-state index contributed by atoms with van der Waals surface area (Å²) in [4.78, 5) is 13.1. The van der Waals surface area contributed by atoms with Crippen LogP contribution in [0.15, 0.2) is 46.2 Å². The maximum absolute atomic E-state index is 12.2. The van der Waals surface area contributed by atoms with Gasteiger partial charge in [-0.2, -0.15) is 0 Å². The molecule has 0 bridgehead atoms. The predicted octanol–water partition coefficient (Wildman–Crippen LogP) is 3.73. The first kappa shape index (κ1) is 19.8. The molecule has 0 saturated heterocycles. The Morgan fingerprint density at radius 1 is 1.24 bits per heavy atom. The lowest BCUT2D eigenvalue weighted by Crippen LogP contribution is -2.16. The van der Waals surface area contributed by atoms with Gasteiger partial charge in [-0.1, -0.05) is 23.7 Å². The van der Waals surface area contributed by atoms with Gasteiger partial charge in [0.1, 0.15) is 0 Å². The van der Waals surface area contributed by atoms with E-state index in [-0.39, 0.29) is 17.2 Å². The van der Waals surface area contributed by atoms with Crippen LogP contribution in [0.1, 0.15) is 17.5 Å². The minimum atomic E-state index is -3.83. The second kappa shape index (κ2) is 8.23. The minimum Gasteiger partial charge on any atom is -0.326 e. The SMILES string of the molecule is Cc1cc(S(N)(=O)=O)cc(NC(=O)CCSc2ccccc2Cl)c1C. The van der Waals surface area contributed by atoms with Crippen molar-refractivity contribution in [3.05, 3.63) is 52.5 Å². The number of halogens is 1. The zero-order chi connectivity index (χ0) is 18.6. The Morgan fingerprint density at radius 3 is 2.56 bits per heavy atom. The summed E-state index contributed by atoms with van der Waals surface area (Å²) in [6.07, 6.45) is 0.272. The number of sulfonamides is 1. The van der Waals surface area contributed by atoms with Gasteiger partial charge in [0.25, 0.3) is 0 Å². The monoisotopic (exact) mass is 398 g/mol. The molecule has 0 spiro atoms. The van der Waals surface area contributed by atoms with Crippen molar-refractivity contribution in [3.63, 3.8) is 0 Å². The van der Waals surface area contributed by atoms with Gasteiger partial charge in [-0.3, -0.25) is 4.79 Å². The van der Waals surface area contributed by atoms with Crippen LogP contribution in [0.4, 0.5) is 5.69 Å². The van der Waals surface area contributed by atoms with E-state index in [1.54, 1.807) is 13.0 Å². The molecule has 0 aromatic heterocycles. The normalized spacial score (nSPS) is 11.4. The van der Waals surface area contributed by atoms with Crippen molar-refractivity contribution in [2.24, 2.45) is 5.14 Å². The summed E-state index contributed by atoms with van der Waals surface area (Å²) in [6, 6.07) is 10.3. The number of nitrogens with two attached hydrogens (primary N) is 1. The number of thioether (sulfide) groups is 1. The summed E-state index contributed by atoms with van der Waals surface area (Å²) in [5.41, 5.74) is 2.00. The Morgan fingerprint density at radius 2 is 1.92 bits per heavy atom. The Balaban J connectivity index is 2.03. The Labute approximate surface area is 157 Å². The highest BCUT2D eigenvalue weighted by Crippen LogP contribution is 2.27. The van der Waals surface area contributed by atoms with Gasteiger partial charge in [0.15, 0.2) is 0 Å². The maximum atomic E-state index is 12.2. The lowest BCUT2D eigenvalue weighted by Gasteiger charge is -2.13. The van der Waals surface area contributed by atoms with Crippen molar-refractivity contribution in [2.45, 2.75) is 30.1 Å². The van der Waals surface area contributed by atoms with E-state index in [0.717, 1.165) is 16.0 Å². The largest absolute Gasteiger partial charge is 0.326 e. The van der Waals surface area contributed by atoms with E-state index in [0.29, 0.717) is 16.5 Å². The molecule has 25 heavy (non-hydrogen) atoms. The van der Waals surface area contributed by atoms with Crippen LogP contribution >= 0.6 is 23.4 Å². The van der Waals surface area contributed by atoms with E-state index >= 15 is 0 Å². The fraction of sp³-hybridized carbons (Fsp3) is 0.235. The molecule has 2 rings (SSSR count). The number of nitrogens with one attached hydrogen (secondary N) is 1. The van der Waals surface area contributed by atoms with Gasteiger partial charge < -0.3 is 5.32 Å². The third kappa shape index (κ3) is 5.47. The molecule has 0 aliphatic rings. The molecule has 2 aromatic carbocycles. The minimum absolute atomic E-state index is 0.0173. The van der Waals surface area contributed by atoms with Crippen molar-refractivity contribution in [3.8, 4) is 0 Å². The van der Waals surface area contributed by atoms with E-state index in [2.05, 4.69) is 5.32 Å². The number of rotatable bonds is 6. The van der Waals surface area contributed by atoms with Crippen LogP contribution in [0, 0.1) is 13.8 Å². The van der Waals surface area contributed by atoms with Crippen LogP contribution in [0.3, 0.4) is 0 Å². The van der Waals surface area contributed by atoms with E-state index in [4.69, 9.17) is 16.7 Å². The van der Waals surface area contributed by atoms with Crippen molar-refractivity contribution in [1.82, 2.24) is 0 Å². The van der Waals surface area contributed by atoms with Gasteiger partial charge in [-0.25, -0.2) is 13.6 Å². The van der Waals surface area contributed by atoms with Gasteiger partial charge in [0.05, 0.1) is 9.92 Å². The Kier molecular flexibility index (Phi) is 6.51. The zero-order valence-corrected chi connectivity index (χ0v) is 16.3. The molecule has 3 N–H and O–H groups in total. The number of anilines is 1. The summed E-state index contributed by atoms with van der Waals surface area (Å²) in [5.74, 6) is 0.358. The molecule has 0 radical (unpaired) electrons. The third-order valence-corrected chi connectivity index (χ3v) is 6.08. The molecule has 8 heteroatoms. The van der Waals surface area contributed by atoms with Crippen LogP contribution in [-0.2, 0) is 14.8 Å². The van der Waals surface area contributed by atoms with Gasteiger partial charge >= 0.3 is 0 Å². The highest BCUT2D eigenvalue weighted by molar-refractivity contribution is 7.99. The molecule has 0 fully saturated rings. The number of hydrogen-bond donors (Lipinski definition) is 2. The molecular formula is C17H19ClN2O3S2. The van der Waals surface area contributed by atoms with Crippen molar-refractivity contribution in [1.29, 1.82) is 0 Å². The average Bonchev–Trinajstić information content (AvgIpc) is 2.52. The second-order valence-electron chi connectivity index (χ2n) is 5.53. The van der Waals surface area contributed by atoms with Crippen LogP contribution in [0.25, 0.3) is 0 Å². The lowest BCUT2D eigenvalue weighted by molar-refractivity contribution is -0.115. The zero-order valence-electron chi connectivity index (χ0n) is 13.9. The van der Waals surface area contributed by atoms with Gasteiger partial charge in [-0.05, 0) is 49.2 Å². The van der Waals surface area contributed by atoms with E-state index in [9.17, 15) is 13.2 Å². The molecule has 0 aliphatic carbocycles. The molecule has 0 aliphatic heterocycles. The summed E-state index contributed by atoms with van der Waals surface area (Å²) in [7, 11) is -3.83. The van der Waals surface area contributed by atoms with Crippen molar-refractivity contribution >= 4 is 45.0 Å². The third-order valence-electron chi connectivity index (χ3n) is 3.67. The molecule has 134 valence electrons. The molecule has 0 atom stereocenters. The number of amides is 1. The van der Waals surface area contributed by atoms with Gasteiger partial charge in [0.2, 0.25) is 15.9 Å². The number of aryl methyl sites for hydroxylation is 1. The molecule has 0 heterocycles. The van der Waals surface area contributed by atoms with E-state index in [1.807, 2.05) is 25.1 Å². The summed E-state index contributed by atoms with van der Waals surface area (Å²) in [6.45, 7) is 3.59. The van der Waals surface area contributed by atoms with Crippen LogP contribution in [0.5, 0.6) is 0 Å². The smallest absolute Gasteiger partial charge is 0.238 e. The number of benzene rings is 2. The van der Waals surface area contributed by atoms with E-state index < -0.39 is 10.0 Å². The van der Waals surface area contributed by atoms with Crippen LogP contribution in [-0.4, -0.2) is 20.1 Å². The maximum Gasteiger partial charge on any atom is 0.238 e. The first-order valence-corrected chi connectivity index (χ1v) is 10.4. The molecule has 0 saturated carbocycles. The number of carbonyl (C=O) groups is 1. The van der Waals surface area contributed by atoms with E-state index in [1.165, 1.54) is 23.9 Å². The number of primary sulfonamides is 1. The quantitative estimate of drug-likeness (QED) is 0.725. The molecule has 2 aromatic rings. The Bertz CT molecular complexity index is 899.